The third-order valence-electron chi connectivity index (χ3n) is 7.29. The molecule has 5 rings (SSSR count). The molecule has 0 radical (unpaired) electrons. The smallest absolute Gasteiger partial charge is 0.217 e. The summed E-state index contributed by atoms with van der Waals surface area (Å²) in [4.78, 5) is 36.8. The van der Waals surface area contributed by atoms with E-state index in [-0.39, 0.29) is 35.1 Å². The molecular formula is C30H33ClN4O2. The number of nitrogens with one attached hydrogen (secondary N) is 1. The summed E-state index contributed by atoms with van der Waals surface area (Å²) in [5.74, 6) is 0.285. The lowest BCUT2D eigenvalue weighted by Gasteiger charge is -2.37. The second-order valence-corrected chi connectivity index (χ2v) is 11.9. The number of halogens is 1. The summed E-state index contributed by atoms with van der Waals surface area (Å²) in [5.41, 5.74) is 5.68. The van der Waals surface area contributed by atoms with E-state index in [0.29, 0.717) is 17.0 Å². The molecule has 7 heteroatoms. The van der Waals surface area contributed by atoms with Crippen LogP contribution in [0.4, 0.5) is 5.69 Å². The number of anilines is 1. The quantitative estimate of drug-likeness (QED) is 0.416. The maximum atomic E-state index is 13.6. The van der Waals surface area contributed by atoms with E-state index in [1.807, 2.05) is 36.4 Å². The molecule has 192 valence electrons. The highest BCUT2D eigenvalue weighted by Gasteiger charge is 2.49. The van der Waals surface area contributed by atoms with Gasteiger partial charge in [-0.25, -0.2) is 9.97 Å². The minimum absolute atomic E-state index is 0.00725. The number of carbonyl (C=O) groups excluding carboxylic acids is 2. The van der Waals surface area contributed by atoms with Gasteiger partial charge >= 0.3 is 0 Å². The topological polar surface area (TPSA) is 75.2 Å². The van der Waals surface area contributed by atoms with Crippen LogP contribution < -0.4 is 10.2 Å². The maximum Gasteiger partial charge on any atom is 0.217 e. The molecule has 1 N–H and O–H groups in total. The summed E-state index contributed by atoms with van der Waals surface area (Å²) in [6, 6.07) is 13.6. The second-order valence-electron chi connectivity index (χ2n) is 11.5. The van der Waals surface area contributed by atoms with Crippen LogP contribution in [-0.2, 0) is 11.2 Å². The van der Waals surface area contributed by atoms with Gasteiger partial charge in [-0.2, -0.15) is 0 Å². The van der Waals surface area contributed by atoms with Gasteiger partial charge in [-0.05, 0) is 59.7 Å². The SMILES string of the molecule is CC(=O)N[C@@H]1CC[C@H]2c3cc(C(=O)Cc4ccc(Cl)cc4)cc(-c4ccncn4)c3N(CC(C)(C)C)[C@@H]12. The van der Waals surface area contributed by atoms with E-state index in [4.69, 9.17) is 11.6 Å². The third kappa shape index (κ3) is 5.26. The largest absolute Gasteiger partial charge is 0.365 e. The van der Waals surface area contributed by atoms with Gasteiger partial charge in [0.15, 0.2) is 5.78 Å². The zero-order valence-electron chi connectivity index (χ0n) is 21.8. The lowest BCUT2D eigenvalue weighted by atomic mass is 9.90. The van der Waals surface area contributed by atoms with Crippen molar-refractivity contribution in [2.24, 2.45) is 5.41 Å². The van der Waals surface area contributed by atoms with E-state index in [1.54, 1.807) is 19.4 Å². The van der Waals surface area contributed by atoms with Crippen LogP contribution in [0.15, 0.2) is 55.0 Å². The van der Waals surface area contributed by atoms with Crippen molar-refractivity contribution in [3.63, 3.8) is 0 Å². The van der Waals surface area contributed by atoms with Gasteiger partial charge in [0, 0.05) is 54.2 Å². The van der Waals surface area contributed by atoms with E-state index >= 15 is 0 Å². The molecule has 1 fully saturated rings. The summed E-state index contributed by atoms with van der Waals surface area (Å²) < 4.78 is 0. The molecule has 0 saturated heterocycles. The van der Waals surface area contributed by atoms with Crippen LogP contribution in [0.25, 0.3) is 11.3 Å². The fourth-order valence-electron chi connectivity index (χ4n) is 5.97. The van der Waals surface area contributed by atoms with E-state index in [1.165, 1.54) is 5.56 Å². The van der Waals surface area contributed by atoms with Crippen LogP contribution in [0.1, 0.15) is 67.9 Å². The molecule has 1 aliphatic heterocycles. The Hall–Kier alpha value is -3.25. The van der Waals surface area contributed by atoms with Gasteiger partial charge in [-0.3, -0.25) is 9.59 Å². The molecule has 37 heavy (non-hydrogen) atoms. The van der Waals surface area contributed by atoms with Crippen molar-refractivity contribution in [3.8, 4) is 11.3 Å². The molecule has 2 heterocycles. The zero-order valence-corrected chi connectivity index (χ0v) is 22.5. The Balaban J connectivity index is 1.63. The Morgan fingerprint density at radius 1 is 1.11 bits per heavy atom. The number of rotatable bonds is 6. The summed E-state index contributed by atoms with van der Waals surface area (Å²) in [6.07, 6.45) is 5.46. The molecule has 0 spiro atoms. The number of hydrogen-bond donors (Lipinski definition) is 1. The first-order valence-electron chi connectivity index (χ1n) is 12.9. The highest BCUT2D eigenvalue weighted by Crippen LogP contribution is 2.53. The normalized spacial score (nSPS) is 20.5. The Kier molecular flexibility index (Phi) is 6.80. The Bertz CT molecular complexity index is 1320. The lowest BCUT2D eigenvalue weighted by Crippen LogP contribution is -2.50. The molecule has 0 bridgehead atoms. The number of hydrogen-bond acceptors (Lipinski definition) is 5. The first kappa shape index (κ1) is 25.4. The molecule has 6 nitrogen and oxygen atoms in total. The van der Waals surface area contributed by atoms with Crippen LogP contribution in [-0.4, -0.2) is 40.3 Å². The second kappa shape index (κ2) is 9.90. The Morgan fingerprint density at radius 2 is 1.86 bits per heavy atom. The van der Waals surface area contributed by atoms with Crippen molar-refractivity contribution in [3.05, 3.63) is 76.7 Å². The fourth-order valence-corrected chi connectivity index (χ4v) is 6.10. The van der Waals surface area contributed by atoms with Crippen molar-refractivity contribution >= 4 is 29.0 Å². The molecule has 1 amide bonds. The summed E-state index contributed by atoms with van der Waals surface area (Å²) in [7, 11) is 0. The van der Waals surface area contributed by atoms with Crippen LogP contribution in [0.3, 0.4) is 0 Å². The van der Waals surface area contributed by atoms with Crippen LogP contribution >= 0.6 is 11.6 Å². The van der Waals surface area contributed by atoms with Gasteiger partial charge in [-0.1, -0.05) is 44.5 Å². The average Bonchev–Trinajstić information content (AvgIpc) is 3.38. The highest BCUT2D eigenvalue weighted by molar-refractivity contribution is 6.30. The van der Waals surface area contributed by atoms with Crippen molar-refractivity contribution in [2.45, 2.75) is 65.0 Å². The molecule has 0 unspecified atom stereocenters. The summed E-state index contributed by atoms with van der Waals surface area (Å²) >= 11 is 6.04. The zero-order chi connectivity index (χ0) is 26.3. The number of carbonyl (C=O) groups is 2. The van der Waals surface area contributed by atoms with Crippen molar-refractivity contribution in [2.75, 3.05) is 11.4 Å². The molecule has 2 aromatic carbocycles. The van der Waals surface area contributed by atoms with Gasteiger partial charge in [0.2, 0.25) is 5.91 Å². The van der Waals surface area contributed by atoms with Crippen LogP contribution in [0, 0.1) is 5.41 Å². The Labute approximate surface area is 223 Å². The van der Waals surface area contributed by atoms with Crippen LogP contribution in [0.2, 0.25) is 5.02 Å². The molecular weight excluding hydrogens is 484 g/mol. The number of benzene rings is 2. The van der Waals surface area contributed by atoms with E-state index < -0.39 is 0 Å². The third-order valence-corrected chi connectivity index (χ3v) is 7.54. The number of amides is 1. The highest BCUT2D eigenvalue weighted by atomic mass is 35.5. The predicted molar refractivity (Wildman–Crippen MR) is 147 cm³/mol. The average molecular weight is 517 g/mol. The van der Waals surface area contributed by atoms with Gasteiger partial charge in [0.1, 0.15) is 6.33 Å². The molecule has 3 atom stereocenters. The van der Waals surface area contributed by atoms with E-state index in [2.05, 4.69) is 47.0 Å². The molecule has 2 aliphatic rings. The Morgan fingerprint density at radius 3 is 2.51 bits per heavy atom. The lowest BCUT2D eigenvalue weighted by molar-refractivity contribution is -0.119. The molecule has 1 saturated carbocycles. The first-order valence-corrected chi connectivity index (χ1v) is 13.2. The fraction of sp³-hybridized carbons (Fsp3) is 0.400. The molecule has 1 aliphatic carbocycles. The standard InChI is InChI=1S/C30H33ClN4O2/c1-18(36)34-26-10-9-22-23-14-20(27(37)13-19-5-7-21(31)8-6-19)15-24(25-11-12-32-17-33-25)28(23)35(29(22)26)16-30(2,3)4/h5-8,11-12,14-15,17,22,26,29H,9-10,13,16H2,1-4H3,(H,34,36)/t22-,26+,29+/m0/s1. The molecule has 1 aromatic heterocycles. The number of nitrogens with zero attached hydrogens (tertiary/aromatic N) is 3. The van der Waals surface area contributed by atoms with Crippen molar-refractivity contribution in [1.82, 2.24) is 15.3 Å². The van der Waals surface area contributed by atoms with E-state index in [0.717, 1.165) is 41.9 Å². The number of Topliss-reactive ketones (excluding diaryl/α,β-unsaturated/α-hetero) is 1. The van der Waals surface area contributed by atoms with Gasteiger partial charge in [0.25, 0.3) is 0 Å². The number of fused-ring (bicyclic) bond motifs is 3. The molecule has 3 aromatic rings. The number of ketones is 1. The van der Waals surface area contributed by atoms with Crippen molar-refractivity contribution in [1.29, 1.82) is 0 Å². The van der Waals surface area contributed by atoms with Crippen LogP contribution in [0.5, 0.6) is 0 Å². The van der Waals surface area contributed by atoms with Gasteiger partial charge < -0.3 is 10.2 Å². The van der Waals surface area contributed by atoms with E-state index in [9.17, 15) is 9.59 Å². The minimum atomic E-state index is -0.00725. The van der Waals surface area contributed by atoms with Crippen molar-refractivity contribution < 1.29 is 9.59 Å². The monoisotopic (exact) mass is 516 g/mol. The first-order chi connectivity index (χ1) is 17.6. The van der Waals surface area contributed by atoms with Gasteiger partial charge in [0.05, 0.1) is 17.4 Å². The van der Waals surface area contributed by atoms with Gasteiger partial charge in [-0.15, -0.1) is 0 Å². The maximum absolute atomic E-state index is 13.6. The summed E-state index contributed by atoms with van der Waals surface area (Å²) in [5, 5.41) is 3.87. The number of aromatic nitrogens is 2. The summed E-state index contributed by atoms with van der Waals surface area (Å²) in [6.45, 7) is 9.11. The predicted octanol–water partition coefficient (Wildman–Crippen LogP) is 5.84. The minimum Gasteiger partial charge on any atom is -0.365 e.